The van der Waals surface area contributed by atoms with Crippen molar-refractivity contribution in [1.82, 2.24) is 0 Å². The molecular formula is C9H16O4S. The van der Waals surface area contributed by atoms with E-state index in [1.54, 1.807) is 0 Å². The van der Waals surface area contributed by atoms with E-state index in [9.17, 15) is 4.79 Å². The van der Waals surface area contributed by atoms with E-state index in [1.165, 1.54) is 11.8 Å². The smallest absolute Gasteiger partial charge is 0.174 e. The fraction of sp³-hybridized carbons (Fsp3) is 0.889. The largest absolute Gasteiger partial charge is 0.396 e. The number of rotatable bonds is 6. The molecule has 2 N–H and O–H groups in total. The molecule has 0 aromatic carbocycles. The Labute approximate surface area is 87.6 Å². The number of carbonyl (C=O) groups excluding carboxylic acids is 1. The zero-order chi connectivity index (χ0) is 10.4. The summed E-state index contributed by atoms with van der Waals surface area (Å²) >= 11 is 1.35. The first-order chi connectivity index (χ1) is 6.77. The van der Waals surface area contributed by atoms with E-state index in [-0.39, 0.29) is 25.1 Å². The van der Waals surface area contributed by atoms with E-state index < -0.39 is 5.44 Å². The first-order valence-corrected chi connectivity index (χ1v) is 5.84. The number of Topliss-reactive ketones (excluding diaryl/α,β-unsaturated/α-hetero) is 1. The van der Waals surface area contributed by atoms with Crippen LogP contribution >= 0.6 is 11.8 Å². The van der Waals surface area contributed by atoms with Gasteiger partial charge in [0, 0.05) is 18.8 Å². The van der Waals surface area contributed by atoms with E-state index in [0.717, 1.165) is 6.42 Å². The second kappa shape index (κ2) is 6.40. The van der Waals surface area contributed by atoms with E-state index in [0.29, 0.717) is 18.6 Å². The van der Waals surface area contributed by atoms with Crippen molar-refractivity contribution in [3.8, 4) is 0 Å². The molecule has 14 heavy (non-hydrogen) atoms. The van der Waals surface area contributed by atoms with Gasteiger partial charge in [-0.25, -0.2) is 0 Å². The van der Waals surface area contributed by atoms with Crippen molar-refractivity contribution in [3.63, 3.8) is 0 Å². The molecule has 0 aromatic heterocycles. The minimum absolute atomic E-state index is 0.0363. The van der Waals surface area contributed by atoms with Crippen LogP contribution in [0.15, 0.2) is 0 Å². The maximum Gasteiger partial charge on any atom is 0.174 e. The summed E-state index contributed by atoms with van der Waals surface area (Å²) < 4.78 is 5.47. The normalized spacial score (nSPS) is 27.1. The zero-order valence-corrected chi connectivity index (χ0v) is 8.83. The van der Waals surface area contributed by atoms with Gasteiger partial charge in [-0.3, -0.25) is 4.79 Å². The molecule has 0 amide bonds. The fourth-order valence-electron chi connectivity index (χ4n) is 1.40. The number of aliphatic hydroxyl groups excluding tert-OH is 2. The predicted molar refractivity (Wildman–Crippen MR) is 54.1 cm³/mol. The van der Waals surface area contributed by atoms with Crippen molar-refractivity contribution in [2.24, 2.45) is 0 Å². The molecular weight excluding hydrogens is 204 g/mol. The summed E-state index contributed by atoms with van der Waals surface area (Å²) in [7, 11) is 0. The highest BCUT2D eigenvalue weighted by Gasteiger charge is 2.32. The third-order valence-electron chi connectivity index (χ3n) is 2.05. The lowest BCUT2D eigenvalue weighted by Crippen LogP contribution is -2.12. The molecule has 1 heterocycles. The van der Waals surface area contributed by atoms with Crippen LogP contribution < -0.4 is 0 Å². The molecule has 1 aliphatic heterocycles. The SMILES string of the molecule is O=C1C[C@H](CCCO)O[C@H]1SCCO. The highest BCUT2D eigenvalue weighted by molar-refractivity contribution is 8.00. The summed E-state index contributed by atoms with van der Waals surface area (Å²) in [5.74, 6) is 0.634. The van der Waals surface area contributed by atoms with Gasteiger partial charge in [0.25, 0.3) is 0 Å². The van der Waals surface area contributed by atoms with E-state index >= 15 is 0 Å². The standard InChI is InChI=1S/C9H16O4S/c10-3-1-2-7-6-8(12)9(13-7)14-5-4-11/h7,9-11H,1-6H2/t7-,9-/m0/s1. The van der Waals surface area contributed by atoms with Gasteiger partial charge < -0.3 is 14.9 Å². The Kier molecular flexibility index (Phi) is 5.47. The van der Waals surface area contributed by atoms with Crippen LogP contribution in [0.2, 0.25) is 0 Å². The van der Waals surface area contributed by atoms with Crippen molar-refractivity contribution in [2.75, 3.05) is 19.0 Å². The monoisotopic (exact) mass is 220 g/mol. The molecule has 0 aliphatic carbocycles. The zero-order valence-electron chi connectivity index (χ0n) is 8.02. The summed E-state index contributed by atoms with van der Waals surface area (Å²) in [5.41, 5.74) is -0.397. The average molecular weight is 220 g/mol. The lowest BCUT2D eigenvalue weighted by Gasteiger charge is -2.10. The highest BCUT2D eigenvalue weighted by atomic mass is 32.2. The highest BCUT2D eigenvalue weighted by Crippen LogP contribution is 2.27. The Morgan fingerprint density at radius 2 is 2.21 bits per heavy atom. The Morgan fingerprint density at radius 3 is 2.86 bits per heavy atom. The van der Waals surface area contributed by atoms with E-state index in [2.05, 4.69) is 0 Å². The minimum atomic E-state index is -0.397. The van der Waals surface area contributed by atoms with Gasteiger partial charge in [0.2, 0.25) is 0 Å². The second-order valence-corrected chi connectivity index (χ2v) is 4.39. The maximum atomic E-state index is 11.4. The number of carbonyl (C=O) groups is 1. The molecule has 0 saturated carbocycles. The van der Waals surface area contributed by atoms with Crippen molar-refractivity contribution in [1.29, 1.82) is 0 Å². The van der Waals surface area contributed by atoms with Crippen LogP contribution in [0, 0.1) is 0 Å². The van der Waals surface area contributed by atoms with Crippen molar-refractivity contribution < 1.29 is 19.7 Å². The van der Waals surface area contributed by atoms with Gasteiger partial charge >= 0.3 is 0 Å². The summed E-state index contributed by atoms with van der Waals surface area (Å²) in [6.45, 7) is 0.210. The van der Waals surface area contributed by atoms with Crippen LogP contribution in [0.3, 0.4) is 0 Å². The third kappa shape index (κ3) is 3.57. The quantitative estimate of drug-likeness (QED) is 0.668. The lowest BCUT2D eigenvalue weighted by molar-refractivity contribution is -0.119. The van der Waals surface area contributed by atoms with Gasteiger partial charge in [-0.05, 0) is 12.8 Å². The number of hydrogen-bond acceptors (Lipinski definition) is 5. The van der Waals surface area contributed by atoms with Crippen LogP contribution in [0.1, 0.15) is 19.3 Å². The third-order valence-corrected chi connectivity index (χ3v) is 3.15. The molecule has 1 fully saturated rings. The predicted octanol–water partition coefficient (Wildman–Crippen LogP) is 0.168. The molecule has 1 aliphatic rings. The number of ether oxygens (including phenoxy) is 1. The first kappa shape index (κ1) is 12.0. The summed E-state index contributed by atoms with van der Waals surface area (Å²) in [5, 5.41) is 17.2. The van der Waals surface area contributed by atoms with Gasteiger partial charge in [0.15, 0.2) is 11.2 Å². The lowest BCUT2D eigenvalue weighted by atomic mass is 10.1. The molecule has 1 rings (SSSR count). The Hall–Kier alpha value is -0.100. The number of hydrogen-bond donors (Lipinski definition) is 2. The average Bonchev–Trinajstić information content (AvgIpc) is 2.53. The maximum absolute atomic E-state index is 11.4. The Bertz CT molecular complexity index is 186. The summed E-state index contributed by atoms with van der Waals surface area (Å²) in [4.78, 5) is 11.4. The molecule has 0 aromatic rings. The molecule has 4 nitrogen and oxygen atoms in total. The van der Waals surface area contributed by atoms with Gasteiger partial charge in [-0.1, -0.05) is 0 Å². The fourth-order valence-corrected chi connectivity index (χ4v) is 2.24. The van der Waals surface area contributed by atoms with Crippen molar-refractivity contribution in [3.05, 3.63) is 0 Å². The van der Waals surface area contributed by atoms with Crippen LogP contribution in [-0.4, -0.2) is 46.5 Å². The van der Waals surface area contributed by atoms with Crippen LogP contribution in [0.4, 0.5) is 0 Å². The van der Waals surface area contributed by atoms with E-state index in [4.69, 9.17) is 14.9 Å². The molecule has 1 saturated heterocycles. The van der Waals surface area contributed by atoms with E-state index in [1.807, 2.05) is 0 Å². The molecule has 82 valence electrons. The van der Waals surface area contributed by atoms with Crippen LogP contribution in [0.25, 0.3) is 0 Å². The molecule has 0 bridgehead atoms. The second-order valence-electron chi connectivity index (χ2n) is 3.22. The van der Waals surface area contributed by atoms with Gasteiger partial charge in [0.05, 0.1) is 12.7 Å². The molecule has 0 unspecified atom stereocenters. The Morgan fingerprint density at radius 1 is 1.43 bits per heavy atom. The summed E-state index contributed by atoms with van der Waals surface area (Å²) in [6.07, 6.45) is 1.82. The van der Waals surface area contributed by atoms with Gasteiger partial charge in [-0.15, -0.1) is 11.8 Å². The Balaban J connectivity index is 2.24. The number of ketones is 1. The first-order valence-electron chi connectivity index (χ1n) is 4.79. The van der Waals surface area contributed by atoms with Gasteiger partial charge in [0.1, 0.15) is 0 Å². The van der Waals surface area contributed by atoms with Crippen molar-refractivity contribution >= 4 is 17.5 Å². The molecule has 0 radical (unpaired) electrons. The minimum Gasteiger partial charge on any atom is -0.396 e. The number of aliphatic hydroxyl groups is 2. The van der Waals surface area contributed by atoms with Crippen molar-refractivity contribution in [2.45, 2.75) is 30.8 Å². The summed E-state index contributed by atoms with van der Waals surface area (Å²) in [6, 6.07) is 0. The molecule has 2 atom stereocenters. The number of thioether (sulfide) groups is 1. The molecule has 5 heteroatoms. The topological polar surface area (TPSA) is 66.8 Å². The molecule has 0 spiro atoms. The van der Waals surface area contributed by atoms with Crippen LogP contribution in [-0.2, 0) is 9.53 Å². The van der Waals surface area contributed by atoms with Crippen LogP contribution in [0.5, 0.6) is 0 Å². The van der Waals surface area contributed by atoms with Gasteiger partial charge in [-0.2, -0.15) is 0 Å².